The lowest BCUT2D eigenvalue weighted by molar-refractivity contribution is 0.344. The van der Waals surface area contributed by atoms with Crippen LogP contribution in [0.1, 0.15) is 5.56 Å². The molecule has 0 atom stereocenters. The number of hydrogen-bond donors (Lipinski definition) is 0. The Kier molecular flexibility index (Phi) is 4.97. The van der Waals surface area contributed by atoms with Crippen LogP contribution in [0, 0.1) is 23.0 Å². The summed E-state index contributed by atoms with van der Waals surface area (Å²) in [7, 11) is 0. The Morgan fingerprint density at radius 2 is 1.95 bits per heavy atom. The SMILES string of the molecule is N#Cc1cccc(OCCSc2ccc(F)c(F)c2)c1. The molecule has 2 aromatic carbocycles. The van der Waals surface area contributed by atoms with Crippen LogP contribution in [0.15, 0.2) is 47.4 Å². The van der Waals surface area contributed by atoms with Crippen molar-refractivity contribution in [3.63, 3.8) is 0 Å². The molecule has 0 saturated heterocycles. The fourth-order valence-corrected chi connectivity index (χ4v) is 2.29. The lowest BCUT2D eigenvalue weighted by Crippen LogP contribution is -2.00. The van der Waals surface area contributed by atoms with E-state index in [1.165, 1.54) is 17.8 Å². The van der Waals surface area contributed by atoms with Gasteiger partial charge in [0, 0.05) is 10.6 Å². The molecule has 5 heteroatoms. The van der Waals surface area contributed by atoms with Gasteiger partial charge in [-0.2, -0.15) is 5.26 Å². The van der Waals surface area contributed by atoms with Crippen LogP contribution in [0.4, 0.5) is 8.78 Å². The molecule has 0 aliphatic heterocycles. The van der Waals surface area contributed by atoms with E-state index in [1.54, 1.807) is 24.3 Å². The minimum Gasteiger partial charge on any atom is -0.493 e. The smallest absolute Gasteiger partial charge is 0.159 e. The van der Waals surface area contributed by atoms with Gasteiger partial charge in [0.05, 0.1) is 18.2 Å². The Bertz CT molecular complexity index is 640. The predicted octanol–water partition coefficient (Wildman–Crippen LogP) is 4.01. The van der Waals surface area contributed by atoms with Crippen LogP contribution in [0.2, 0.25) is 0 Å². The van der Waals surface area contributed by atoms with E-state index < -0.39 is 11.6 Å². The maximum atomic E-state index is 13.0. The van der Waals surface area contributed by atoms with Crippen LogP contribution in [-0.2, 0) is 0 Å². The first-order valence-corrected chi connectivity index (χ1v) is 6.88. The quantitative estimate of drug-likeness (QED) is 0.616. The van der Waals surface area contributed by atoms with Crippen molar-refractivity contribution >= 4 is 11.8 Å². The molecule has 2 rings (SSSR count). The van der Waals surface area contributed by atoms with E-state index in [0.717, 1.165) is 12.1 Å². The Labute approximate surface area is 120 Å². The summed E-state index contributed by atoms with van der Waals surface area (Å²) in [5.41, 5.74) is 0.538. The Hall–Kier alpha value is -2.06. The molecule has 20 heavy (non-hydrogen) atoms. The summed E-state index contributed by atoms with van der Waals surface area (Å²) in [6, 6.07) is 12.7. The summed E-state index contributed by atoms with van der Waals surface area (Å²) in [6.45, 7) is 0.415. The molecule has 0 spiro atoms. The van der Waals surface area contributed by atoms with Crippen molar-refractivity contribution in [1.29, 1.82) is 5.26 Å². The zero-order valence-corrected chi connectivity index (χ0v) is 11.3. The second-order valence-corrected chi connectivity index (χ2v) is 5.08. The maximum absolute atomic E-state index is 13.0. The lowest BCUT2D eigenvalue weighted by Gasteiger charge is -2.06. The molecular weight excluding hydrogens is 280 g/mol. The molecule has 0 saturated carbocycles. The van der Waals surface area contributed by atoms with E-state index in [0.29, 0.717) is 28.6 Å². The van der Waals surface area contributed by atoms with Gasteiger partial charge in [0.15, 0.2) is 11.6 Å². The molecule has 0 aliphatic rings. The number of halogens is 2. The van der Waals surface area contributed by atoms with Gasteiger partial charge in [0.25, 0.3) is 0 Å². The molecule has 0 heterocycles. The Balaban J connectivity index is 1.81. The largest absolute Gasteiger partial charge is 0.493 e. The highest BCUT2D eigenvalue weighted by molar-refractivity contribution is 7.99. The zero-order valence-electron chi connectivity index (χ0n) is 10.5. The average molecular weight is 291 g/mol. The second-order valence-electron chi connectivity index (χ2n) is 3.91. The van der Waals surface area contributed by atoms with Crippen LogP contribution in [-0.4, -0.2) is 12.4 Å². The van der Waals surface area contributed by atoms with Crippen molar-refractivity contribution in [3.8, 4) is 11.8 Å². The van der Waals surface area contributed by atoms with E-state index in [2.05, 4.69) is 0 Å². The Morgan fingerprint density at radius 3 is 2.70 bits per heavy atom. The number of thioether (sulfide) groups is 1. The fraction of sp³-hybridized carbons (Fsp3) is 0.133. The summed E-state index contributed by atoms with van der Waals surface area (Å²) in [6.07, 6.45) is 0. The third-order valence-corrected chi connectivity index (χ3v) is 3.43. The van der Waals surface area contributed by atoms with E-state index >= 15 is 0 Å². The summed E-state index contributed by atoms with van der Waals surface area (Å²) in [5, 5.41) is 8.75. The number of nitriles is 1. The topological polar surface area (TPSA) is 33.0 Å². The van der Waals surface area contributed by atoms with Crippen LogP contribution < -0.4 is 4.74 Å². The van der Waals surface area contributed by atoms with Crippen LogP contribution in [0.5, 0.6) is 5.75 Å². The van der Waals surface area contributed by atoms with Crippen LogP contribution in [0.3, 0.4) is 0 Å². The molecule has 2 nitrogen and oxygen atoms in total. The molecule has 0 unspecified atom stereocenters. The first-order valence-electron chi connectivity index (χ1n) is 5.90. The standard InChI is InChI=1S/C15H11F2NOS/c16-14-5-4-13(9-15(14)17)20-7-6-19-12-3-1-2-11(8-12)10-18/h1-5,8-9H,6-7H2. The van der Waals surface area contributed by atoms with Crippen molar-refractivity contribution in [2.45, 2.75) is 4.90 Å². The molecule has 102 valence electrons. The van der Waals surface area contributed by atoms with E-state index in [4.69, 9.17) is 10.00 Å². The van der Waals surface area contributed by atoms with E-state index in [1.807, 2.05) is 6.07 Å². The van der Waals surface area contributed by atoms with Gasteiger partial charge in [-0.3, -0.25) is 0 Å². The summed E-state index contributed by atoms with van der Waals surface area (Å²) in [5.74, 6) is -0.478. The summed E-state index contributed by atoms with van der Waals surface area (Å²) < 4.78 is 31.2. The third-order valence-electron chi connectivity index (χ3n) is 2.47. The zero-order chi connectivity index (χ0) is 14.4. The fourth-order valence-electron chi connectivity index (χ4n) is 1.54. The lowest BCUT2D eigenvalue weighted by atomic mass is 10.2. The van der Waals surface area contributed by atoms with Gasteiger partial charge in [-0.05, 0) is 36.4 Å². The molecular formula is C15H11F2NOS. The predicted molar refractivity (Wildman–Crippen MR) is 73.7 cm³/mol. The minimum absolute atomic E-state index is 0.415. The molecule has 2 aromatic rings. The van der Waals surface area contributed by atoms with Gasteiger partial charge in [-0.25, -0.2) is 8.78 Å². The van der Waals surface area contributed by atoms with Gasteiger partial charge in [0.2, 0.25) is 0 Å². The highest BCUT2D eigenvalue weighted by Crippen LogP contribution is 2.20. The van der Waals surface area contributed by atoms with Gasteiger partial charge in [-0.15, -0.1) is 11.8 Å². The van der Waals surface area contributed by atoms with Gasteiger partial charge >= 0.3 is 0 Å². The number of nitrogens with zero attached hydrogens (tertiary/aromatic N) is 1. The minimum atomic E-state index is -0.849. The van der Waals surface area contributed by atoms with Crippen molar-refractivity contribution in [2.75, 3.05) is 12.4 Å². The van der Waals surface area contributed by atoms with Gasteiger partial charge in [0.1, 0.15) is 5.75 Å². The van der Waals surface area contributed by atoms with Crippen molar-refractivity contribution < 1.29 is 13.5 Å². The van der Waals surface area contributed by atoms with Crippen molar-refractivity contribution in [1.82, 2.24) is 0 Å². The molecule has 0 radical (unpaired) electrons. The van der Waals surface area contributed by atoms with Crippen LogP contribution >= 0.6 is 11.8 Å². The second kappa shape index (κ2) is 6.92. The molecule has 0 aromatic heterocycles. The first-order chi connectivity index (χ1) is 9.69. The number of ether oxygens (including phenoxy) is 1. The van der Waals surface area contributed by atoms with Crippen molar-refractivity contribution in [2.24, 2.45) is 0 Å². The number of hydrogen-bond acceptors (Lipinski definition) is 3. The number of rotatable bonds is 5. The first kappa shape index (κ1) is 14.4. The number of benzene rings is 2. The van der Waals surface area contributed by atoms with E-state index in [-0.39, 0.29) is 0 Å². The third kappa shape index (κ3) is 3.97. The maximum Gasteiger partial charge on any atom is 0.159 e. The van der Waals surface area contributed by atoms with Gasteiger partial charge in [-0.1, -0.05) is 6.07 Å². The van der Waals surface area contributed by atoms with E-state index in [9.17, 15) is 8.78 Å². The highest BCUT2D eigenvalue weighted by atomic mass is 32.2. The Morgan fingerprint density at radius 1 is 1.10 bits per heavy atom. The molecule has 0 fully saturated rings. The molecule has 0 N–H and O–H groups in total. The van der Waals surface area contributed by atoms with Gasteiger partial charge < -0.3 is 4.74 Å². The highest BCUT2D eigenvalue weighted by Gasteiger charge is 2.03. The summed E-state index contributed by atoms with van der Waals surface area (Å²) >= 11 is 1.38. The molecule has 0 amide bonds. The van der Waals surface area contributed by atoms with Crippen LogP contribution in [0.25, 0.3) is 0 Å². The van der Waals surface area contributed by atoms with Crippen molar-refractivity contribution in [3.05, 3.63) is 59.7 Å². The monoisotopic (exact) mass is 291 g/mol. The summed E-state index contributed by atoms with van der Waals surface area (Å²) in [4.78, 5) is 0.651. The molecule has 0 bridgehead atoms. The molecule has 0 aliphatic carbocycles. The average Bonchev–Trinajstić information content (AvgIpc) is 2.47. The normalized spacial score (nSPS) is 10.1.